The SMILES string of the molecule is CC(C)(C)C1CCc2c(c3ccccc3oc2=O)OC1. The Labute approximate surface area is 118 Å². The Morgan fingerprint density at radius 3 is 2.70 bits per heavy atom. The second kappa shape index (κ2) is 4.65. The minimum Gasteiger partial charge on any atom is -0.492 e. The molecule has 3 nitrogen and oxygen atoms in total. The summed E-state index contributed by atoms with van der Waals surface area (Å²) in [6.07, 6.45) is 1.68. The molecule has 1 atom stereocenters. The fraction of sp³-hybridized carbons (Fsp3) is 0.471. The first-order valence-corrected chi connectivity index (χ1v) is 7.14. The lowest BCUT2D eigenvalue weighted by Crippen LogP contribution is -2.25. The largest absolute Gasteiger partial charge is 0.492 e. The number of rotatable bonds is 0. The first-order valence-electron chi connectivity index (χ1n) is 7.14. The number of hydrogen-bond acceptors (Lipinski definition) is 3. The van der Waals surface area contributed by atoms with Gasteiger partial charge in [0.1, 0.15) is 11.3 Å². The van der Waals surface area contributed by atoms with Crippen LogP contribution in [0.4, 0.5) is 0 Å². The molecule has 1 aromatic carbocycles. The first kappa shape index (κ1) is 13.2. The van der Waals surface area contributed by atoms with Crippen molar-refractivity contribution in [3.05, 3.63) is 40.2 Å². The van der Waals surface area contributed by atoms with Gasteiger partial charge in [-0.3, -0.25) is 0 Å². The Bertz CT molecular complexity index is 691. The van der Waals surface area contributed by atoms with Crippen LogP contribution in [-0.2, 0) is 6.42 Å². The average molecular weight is 272 g/mol. The topological polar surface area (TPSA) is 39.4 Å². The van der Waals surface area contributed by atoms with Gasteiger partial charge in [-0.2, -0.15) is 0 Å². The molecular weight excluding hydrogens is 252 g/mol. The predicted octanol–water partition coefficient (Wildman–Crippen LogP) is 3.78. The van der Waals surface area contributed by atoms with Crippen molar-refractivity contribution in [2.45, 2.75) is 33.6 Å². The van der Waals surface area contributed by atoms with E-state index in [1.165, 1.54) is 0 Å². The summed E-state index contributed by atoms with van der Waals surface area (Å²) in [5, 5.41) is 0.900. The summed E-state index contributed by atoms with van der Waals surface area (Å²) in [4.78, 5) is 12.1. The van der Waals surface area contributed by atoms with Crippen LogP contribution in [0.15, 0.2) is 33.5 Å². The molecule has 2 aromatic rings. The molecule has 1 aliphatic rings. The molecule has 20 heavy (non-hydrogen) atoms. The van der Waals surface area contributed by atoms with Crippen molar-refractivity contribution in [1.82, 2.24) is 0 Å². The van der Waals surface area contributed by atoms with Crippen molar-refractivity contribution in [1.29, 1.82) is 0 Å². The van der Waals surface area contributed by atoms with Crippen molar-refractivity contribution in [2.24, 2.45) is 11.3 Å². The van der Waals surface area contributed by atoms with E-state index in [0.29, 0.717) is 23.7 Å². The Hall–Kier alpha value is -1.77. The summed E-state index contributed by atoms with van der Waals surface area (Å²) in [6.45, 7) is 7.32. The zero-order chi connectivity index (χ0) is 14.3. The lowest BCUT2D eigenvalue weighted by molar-refractivity contribution is 0.147. The molecule has 1 aromatic heterocycles. The first-order chi connectivity index (χ1) is 9.47. The summed E-state index contributed by atoms with van der Waals surface area (Å²) in [6, 6.07) is 7.57. The van der Waals surface area contributed by atoms with Crippen molar-refractivity contribution >= 4 is 11.0 Å². The van der Waals surface area contributed by atoms with Gasteiger partial charge in [-0.05, 0) is 36.3 Å². The third-order valence-electron chi connectivity index (χ3n) is 4.25. The van der Waals surface area contributed by atoms with E-state index < -0.39 is 0 Å². The quantitative estimate of drug-likeness (QED) is 0.685. The molecule has 3 rings (SSSR count). The molecule has 1 aliphatic heterocycles. The molecule has 0 N–H and O–H groups in total. The zero-order valence-electron chi connectivity index (χ0n) is 12.2. The fourth-order valence-electron chi connectivity index (χ4n) is 2.81. The second-order valence-corrected chi connectivity index (χ2v) is 6.61. The van der Waals surface area contributed by atoms with Crippen LogP contribution in [0.5, 0.6) is 5.75 Å². The molecule has 0 saturated carbocycles. The Morgan fingerprint density at radius 2 is 1.95 bits per heavy atom. The highest BCUT2D eigenvalue weighted by Crippen LogP contribution is 2.36. The molecule has 3 heteroatoms. The lowest BCUT2D eigenvalue weighted by atomic mass is 9.78. The third-order valence-corrected chi connectivity index (χ3v) is 4.25. The van der Waals surface area contributed by atoms with E-state index in [4.69, 9.17) is 9.15 Å². The van der Waals surface area contributed by atoms with Crippen LogP contribution in [0.25, 0.3) is 11.0 Å². The van der Waals surface area contributed by atoms with Gasteiger partial charge in [0.25, 0.3) is 0 Å². The van der Waals surface area contributed by atoms with E-state index in [9.17, 15) is 4.79 Å². The molecular formula is C17H20O3. The van der Waals surface area contributed by atoms with Gasteiger partial charge in [0.05, 0.1) is 17.6 Å². The van der Waals surface area contributed by atoms with Crippen LogP contribution < -0.4 is 10.4 Å². The molecule has 0 radical (unpaired) electrons. The van der Waals surface area contributed by atoms with Crippen LogP contribution in [-0.4, -0.2) is 6.61 Å². The molecule has 0 bridgehead atoms. The van der Waals surface area contributed by atoms with Gasteiger partial charge in [0.2, 0.25) is 0 Å². The number of ether oxygens (including phenoxy) is 1. The highest BCUT2D eigenvalue weighted by Gasteiger charge is 2.30. The van der Waals surface area contributed by atoms with E-state index >= 15 is 0 Å². The molecule has 0 amide bonds. The Kier molecular flexibility index (Phi) is 3.08. The fourth-order valence-corrected chi connectivity index (χ4v) is 2.81. The standard InChI is InChI=1S/C17H20O3/c1-17(2,3)11-8-9-13-15(19-10-11)12-6-4-5-7-14(12)20-16(13)18/h4-7,11H,8-10H2,1-3H3. The second-order valence-electron chi connectivity index (χ2n) is 6.61. The summed E-state index contributed by atoms with van der Waals surface area (Å²) in [5.41, 5.74) is 1.21. The molecule has 106 valence electrons. The van der Waals surface area contributed by atoms with Gasteiger partial charge >= 0.3 is 5.63 Å². The smallest absolute Gasteiger partial charge is 0.343 e. The highest BCUT2D eigenvalue weighted by atomic mass is 16.5. The lowest BCUT2D eigenvalue weighted by Gasteiger charge is -2.28. The van der Waals surface area contributed by atoms with Crippen molar-refractivity contribution < 1.29 is 9.15 Å². The molecule has 0 fully saturated rings. The number of para-hydroxylation sites is 1. The molecule has 2 heterocycles. The van der Waals surface area contributed by atoms with Crippen molar-refractivity contribution in [3.63, 3.8) is 0 Å². The van der Waals surface area contributed by atoms with Gasteiger partial charge in [0.15, 0.2) is 0 Å². The normalized spacial score (nSPS) is 19.2. The monoisotopic (exact) mass is 272 g/mol. The van der Waals surface area contributed by atoms with Crippen LogP contribution in [0, 0.1) is 11.3 Å². The van der Waals surface area contributed by atoms with Crippen molar-refractivity contribution in [3.8, 4) is 5.75 Å². The minimum atomic E-state index is -0.256. The zero-order valence-corrected chi connectivity index (χ0v) is 12.2. The number of benzene rings is 1. The summed E-state index contributed by atoms with van der Waals surface area (Å²) < 4.78 is 11.4. The molecule has 0 saturated heterocycles. The van der Waals surface area contributed by atoms with E-state index in [1.807, 2.05) is 24.3 Å². The van der Waals surface area contributed by atoms with Crippen LogP contribution in [0.1, 0.15) is 32.8 Å². The summed E-state index contributed by atoms with van der Waals surface area (Å²) in [5.74, 6) is 1.16. The summed E-state index contributed by atoms with van der Waals surface area (Å²) >= 11 is 0. The number of fused-ring (bicyclic) bond motifs is 3. The molecule has 0 spiro atoms. The van der Waals surface area contributed by atoms with Crippen LogP contribution in [0.3, 0.4) is 0 Å². The third kappa shape index (κ3) is 2.21. The maximum Gasteiger partial charge on any atom is 0.343 e. The van der Waals surface area contributed by atoms with Crippen molar-refractivity contribution in [2.75, 3.05) is 6.61 Å². The van der Waals surface area contributed by atoms with E-state index in [1.54, 1.807) is 0 Å². The molecule has 1 unspecified atom stereocenters. The van der Waals surface area contributed by atoms with Gasteiger partial charge in [-0.15, -0.1) is 0 Å². The Balaban J connectivity index is 2.10. The number of hydrogen-bond donors (Lipinski definition) is 0. The maximum atomic E-state index is 12.1. The predicted molar refractivity (Wildman–Crippen MR) is 79.2 cm³/mol. The Morgan fingerprint density at radius 1 is 1.20 bits per heavy atom. The molecule has 0 aliphatic carbocycles. The van der Waals surface area contributed by atoms with E-state index in [2.05, 4.69) is 20.8 Å². The maximum absolute atomic E-state index is 12.1. The van der Waals surface area contributed by atoms with Gasteiger partial charge in [-0.25, -0.2) is 4.79 Å². The highest BCUT2D eigenvalue weighted by molar-refractivity contribution is 5.84. The minimum absolute atomic E-state index is 0.179. The summed E-state index contributed by atoms with van der Waals surface area (Å²) in [7, 11) is 0. The van der Waals surface area contributed by atoms with E-state index in [-0.39, 0.29) is 11.0 Å². The van der Waals surface area contributed by atoms with Gasteiger partial charge in [0, 0.05) is 0 Å². The van der Waals surface area contributed by atoms with Crippen LogP contribution in [0.2, 0.25) is 0 Å². The van der Waals surface area contributed by atoms with E-state index in [0.717, 1.165) is 24.0 Å². The van der Waals surface area contributed by atoms with Gasteiger partial charge in [-0.1, -0.05) is 32.9 Å². The van der Waals surface area contributed by atoms with Crippen LogP contribution >= 0.6 is 0 Å². The van der Waals surface area contributed by atoms with Gasteiger partial charge < -0.3 is 9.15 Å². The average Bonchev–Trinajstić information content (AvgIpc) is 2.61.